The lowest BCUT2D eigenvalue weighted by atomic mass is 10.2. The molecule has 40 heavy (non-hydrogen) atoms. The zero-order valence-electron chi connectivity index (χ0n) is 22.3. The summed E-state index contributed by atoms with van der Waals surface area (Å²) < 4.78 is 29.7. The lowest BCUT2D eigenvalue weighted by molar-refractivity contribution is 0.251. The standard InChI is InChI=1S/C30H32N6O3S/c37-29-22-31-26-13-5-7-15-28(26)35(29)17-9-8-16-33-18-20-34(21-19-33)30-25-12-4-6-14-27(25)36(32-30)40(38,39)23-24-10-2-1-3-11-24/h1-7,10-15,22H,8-9,16-21,23H2. The molecule has 0 amide bonds. The zero-order valence-corrected chi connectivity index (χ0v) is 23.1. The Morgan fingerprint density at radius 2 is 1.43 bits per heavy atom. The number of piperazine rings is 1. The molecule has 1 saturated heterocycles. The van der Waals surface area contributed by atoms with Crippen LogP contribution in [0.1, 0.15) is 18.4 Å². The predicted octanol–water partition coefficient (Wildman–Crippen LogP) is 3.73. The minimum Gasteiger partial charge on any atom is -0.352 e. The monoisotopic (exact) mass is 556 g/mol. The molecule has 1 aliphatic rings. The SMILES string of the molecule is O=c1cnc2ccccc2n1CCCCN1CCN(c2nn(S(=O)(=O)Cc3ccccc3)c3ccccc23)CC1. The van der Waals surface area contributed by atoms with Crippen LogP contribution in [0.15, 0.2) is 89.9 Å². The molecule has 6 rings (SSSR count). The summed E-state index contributed by atoms with van der Waals surface area (Å²) in [6.45, 7) is 4.91. The smallest absolute Gasteiger partial charge is 0.269 e. The lowest BCUT2D eigenvalue weighted by Crippen LogP contribution is -2.47. The van der Waals surface area contributed by atoms with Crippen molar-refractivity contribution in [3.8, 4) is 0 Å². The first-order valence-corrected chi connectivity index (χ1v) is 15.3. The summed E-state index contributed by atoms with van der Waals surface area (Å²) >= 11 is 0. The number of nitrogens with zero attached hydrogens (tertiary/aromatic N) is 6. The summed E-state index contributed by atoms with van der Waals surface area (Å²) in [5, 5.41) is 5.50. The van der Waals surface area contributed by atoms with E-state index in [0.29, 0.717) is 12.1 Å². The van der Waals surface area contributed by atoms with Crippen molar-refractivity contribution < 1.29 is 8.42 Å². The molecule has 2 aromatic heterocycles. The lowest BCUT2D eigenvalue weighted by Gasteiger charge is -2.35. The molecule has 0 saturated carbocycles. The normalized spacial score (nSPS) is 14.8. The molecule has 5 aromatic rings. The zero-order chi connectivity index (χ0) is 27.5. The average Bonchev–Trinajstić information content (AvgIpc) is 3.38. The Bertz CT molecular complexity index is 1790. The van der Waals surface area contributed by atoms with Gasteiger partial charge in [0.25, 0.3) is 15.6 Å². The maximum Gasteiger partial charge on any atom is 0.269 e. The van der Waals surface area contributed by atoms with Gasteiger partial charge in [-0.1, -0.05) is 54.6 Å². The number of rotatable bonds is 9. The van der Waals surface area contributed by atoms with Crippen molar-refractivity contribution in [2.24, 2.45) is 0 Å². The number of anilines is 1. The largest absolute Gasteiger partial charge is 0.352 e. The Morgan fingerprint density at radius 1 is 0.750 bits per heavy atom. The first-order valence-electron chi connectivity index (χ1n) is 13.7. The van der Waals surface area contributed by atoms with Crippen molar-refractivity contribution in [1.29, 1.82) is 0 Å². The molecular weight excluding hydrogens is 524 g/mol. The van der Waals surface area contributed by atoms with E-state index in [1.54, 1.807) is 0 Å². The number of fused-ring (bicyclic) bond motifs is 2. The van der Waals surface area contributed by atoms with Crippen LogP contribution in [0, 0.1) is 0 Å². The molecule has 9 nitrogen and oxygen atoms in total. The fourth-order valence-corrected chi connectivity index (χ4v) is 6.85. The molecule has 3 heterocycles. The molecule has 0 bridgehead atoms. The topological polar surface area (TPSA) is 93.3 Å². The Kier molecular flexibility index (Phi) is 7.36. The second-order valence-electron chi connectivity index (χ2n) is 10.2. The highest BCUT2D eigenvalue weighted by Crippen LogP contribution is 2.29. The van der Waals surface area contributed by atoms with Gasteiger partial charge in [0.1, 0.15) is 0 Å². The van der Waals surface area contributed by atoms with Crippen LogP contribution in [-0.2, 0) is 22.3 Å². The Hall–Kier alpha value is -4.02. The number of hydrogen-bond donors (Lipinski definition) is 0. The van der Waals surface area contributed by atoms with E-state index in [9.17, 15) is 13.2 Å². The van der Waals surface area contributed by atoms with Gasteiger partial charge < -0.3 is 9.47 Å². The molecule has 1 aliphatic heterocycles. The van der Waals surface area contributed by atoms with E-state index in [4.69, 9.17) is 0 Å². The van der Waals surface area contributed by atoms with Crippen LogP contribution >= 0.6 is 0 Å². The van der Waals surface area contributed by atoms with Crippen LogP contribution in [0.3, 0.4) is 0 Å². The van der Waals surface area contributed by atoms with Crippen LogP contribution in [0.4, 0.5) is 5.82 Å². The van der Waals surface area contributed by atoms with Gasteiger partial charge in [-0.15, -0.1) is 5.10 Å². The van der Waals surface area contributed by atoms with E-state index in [1.807, 2.05) is 83.4 Å². The first-order chi connectivity index (χ1) is 19.5. The maximum absolute atomic E-state index is 13.4. The number of hydrogen-bond acceptors (Lipinski definition) is 7. The summed E-state index contributed by atoms with van der Waals surface area (Å²) in [6.07, 6.45) is 3.29. The van der Waals surface area contributed by atoms with E-state index in [1.165, 1.54) is 10.3 Å². The van der Waals surface area contributed by atoms with E-state index in [0.717, 1.165) is 73.4 Å². The van der Waals surface area contributed by atoms with Gasteiger partial charge in [-0.2, -0.15) is 4.09 Å². The highest BCUT2D eigenvalue weighted by atomic mass is 32.2. The van der Waals surface area contributed by atoms with Crippen molar-refractivity contribution in [3.63, 3.8) is 0 Å². The summed E-state index contributed by atoms with van der Waals surface area (Å²) in [7, 11) is -3.68. The highest BCUT2D eigenvalue weighted by Gasteiger charge is 2.26. The summed E-state index contributed by atoms with van der Waals surface area (Å²) in [4.78, 5) is 21.2. The molecule has 0 atom stereocenters. The van der Waals surface area contributed by atoms with Gasteiger partial charge in [0, 0.05) is 38.1 Å². The van der Waals surface area contributed by atoms with Crippen LogP contribution in [0.5, 0.6) is 0 Å². The minimum absolute atomic E-state index is 0.0650. The van der Waals surface area contributed by atoms with Gasteiger partial charge in [0.15, 0.2) is 5.82 Å². The highest BCUT2D eigenvalue weighted by molar-refractivity contribution is 7.89. The Morgan fingerprint density at radius 3 is 2.23 bits per heavy atom. The predicted molar refractivity (Wildman–Crippen MR) is 158 cm³/mol. The quantitative estimate of drug-likeness (QED) is 0.256. The van der Waals surface area contributed by atoms with Crippen molar-refractivity contribution in [3.05, 3.63) is 101 Å². The third-order valence-electron chi connectivity index (χ3n) is 7.52. The number of para-hydroxylation sites is 3. The Balaban J connectivity index is 1.09. The molecule has 0 unspecified atom stereocenters. The maximum atomic E-state index is 13.4. The van der Waals surface area contributed by atoms with Crippen LogP contribution in [0.2, 0.25) is 0 Å². The van der Waals surface area contributed by atoms with E-state index >= 15 is 0 Å². The van der Waals surface area contributed by atoms with Crippen LogP contribution in [0.25, 0.3) is 21.9 Å². The first kappa shape index (κ1) is 26.2. The second-order valence-corrected chi connectivity index (χ2v) is 12.0. The van der Waals surface area contributed by atoms with Gasteiger partial charge in [0.05, 0.1) is 28.5 Å². The molecule has 3 aromatic carbocycles. The van der Waals surface area contributed by atoms with Crippen molar-refractivity contribution >= 4 is 37.8 Å². The third kappa shape index (κ3) is 5.37. The van der Waals surface area contributed by atoms with Gasteiger partial charge in [0.2, 0.25) is 0 Å². The molecule has 0 spiro atoms. The molecule has 0 aliphatic carbocycles. The third-order valence-corrected chi connectivity index (χ3v) is 9.03. The molecule has 0 radical (unpaired) electrons. The van der Waals surface area contributed by atoms with E-state index in [2.05, 4.69) is 19.9 Å². The number of unbranched alkanes of at least 4 members (excludes halogenated alkanes) is 1. The fraction of sp³-hybridized carbons (Fsp3) is 0.300. The van der Waals surface area contributed by atoms with Gasteiger partial charge >= 0.3 is 0 Å². The van der Waals surface area contributed by atoms with Gasteiger partial charge in [-0.25, -0.2) is 13.4 Å². The van der Waals surface area contributed by atoms with Gasteiger partial charge in [-0.3, -0.25) is 9.69 Å². The van der Waals surface area contributed by atoms with E-state index < -0.39 is 10.0 Å². The van der Waals surface area contributed by atoms with Crippen LogP contribution < -0.4 is 10.5 Å². The number of aromatic nitrogens is 4. The van der Waals surface area contributed by atoms with Crippen LogP contribution in [-0.4, -0.2) is 64.8 Å². The second kappa shape index (κ2) is 11.2. The Labute approximate surface area is 233 Å². The number of aryl methyl sites for hydroxylation is 1. The van der Waals surface area contributed by atoms with Gasteiger partial charge in [-0.05, 0) is 49.2 Å². The summed E-state index contributed by atoms with van der Waals surface area (Å²) in [6, 6.07) is 24.5. The molecule has 206 valence electrons. The molecular formula is C30H32N6O3S. The minimum atomic E-state index is -3.68. The molecule has 10 heteroatoms. The van der Waals surface area contributed by atoms with Crippen molar-refractivity contribution in [1.82, 2.24) is 23.6 Å². The molecule has 1 fully saturated rings. The fourth-order valence-electron chi connectivity index (χ4n) is 5.45. The average molecular weight is 557 g/mol. The van der Waals surface area contributed by atoms with Crippen molar-refractivity contribution in [2.45, 2.75) is 25.1 Å². The summed E-state index contributed by atoms with van der Waals surface area (Å²) in [5.41, 5.74) is 2.99. The number of benzene rings is 3. The summed E-state index contributed by atoms with van der Waals surface area (Å²) in [5.74, 6) is 0.615. The molecule has 0 N–H and O–H groups in total. The van der Waals surface area contributed by atoms with E-state index in [-0.39, 0.29) is 11.3 Å². The van der Waals surface area contributed by atoms with Crippen molar-refractivity contribution in [2.75, 3.05) is 37.6 Å².